The molecule has 1 aliphatic carbocycles. The van der Waals surface area contributed by atoms with Gasteiger partial charge in [-0.15, -0.1) is 0 Å². The minimum absolute atomic E-state index is 0.0920. The monoisotopic (exact) mass is 195 g/mol. The zero-order chi connectivity index (χ0) is 10.9. The summed E-state index contributed by atoms with van der Waals surface area (Å²) < 4.78 is 0. The minimum atomic E-state index is -0.168. The van der Waals surface area contributed by atoms with E-state index in [2.05, 4.69) is 0 Å². The molecule has 0 heterocycles. The molecule has 1 aliphatic rings. The zero-order valence-electron chi connectivity index (χ0n) is 8.98. The van der Waals surface area contributed by atoms with Crippen LogP contribution in [0.5, 0.6) is 0 Å². The van der Waals surface area contributed by atoms with Crippen molar-refractivity contribution in [3.63, 3.8) is 0 Å². The smallest absolute Gasteiger partial charge is 0.168 e. The molecule has 0 unspecified atom stereocenters. The van der Waals surface area contributed by atoms with Crippen molar-refractivity contribution < 1.29 is 9.90 Å². The van der Waals surface area contributed by atoms with Crippen LogP contribution in [0, 0.1) is 10.8 Å². The molecule has 0 spiro atoms. The van der Waals surface area contributed by atoms with Gasteiger partial charge in [-0.25, -0.2) is 0 Å². The Balaban J connectivity index is 3.05. The molecule has 0 atom stereocenters. The fourth-order valence-electron chi connectivity index (χ4n) is 1.81. The van der Waals surface area contributed by atoms with Crippen LogP contribution in [0.1, 0.15) is 40.0 Å². The van der Waals surface area contributed by atoms with Gasteiger partial charge in [-0.2, -0.15) is 0 Å². The molecule has 0 aromatic carbocycles. The lowest BCUT2D eigenvalue weighted by Crippen LogP contribution is -2.28. The van der Waals surface area contributed by atoms with Crippen molar-refractivity contribution >= 4 is 11.5 Å². The molecular formula is C11H17NO2. The number of allylic oxidation sites excluding steroid dienone is 2. The highest BCUT2D eigenvalue weighted by Crippen LogP contribution is 2.36. The molecule has 2 N–H and O–H groups in total. The number of rotatable bonds is 2. The van der Waals surface area contributed by atoms with E-state index in [-0.39, 0.29) is 28.2 Å². The molecule has 0 saturated carbocycles. The second-order valence-corrected chi connectivity index (χ2v) is 4.59. The Morgan fingerprint density at radius 2 is 2.07 bits per heavy atom. The van der Waals surface area contributed by atoms with E-state index in [0.29, 0.717) is 19.3 Å². The average Bonchev–Trinajstić information content (AvgIpc) is 1.99. The van der Waals surface area contributed by atoms with Crippen LogP contribution in [0.4, 0.5) is 0 Å². The summed E-state index contributed by atoms with van der Waals surface area (Å²) in [6.45, 7) is 5.72. The summed E-state index contributed by atoms with van der Waals surface area (Å²) in [6, 6.07) is 0. The first-order valence-corrected chi connectivity index (χ1v) is 4.90. The number of nitrogens with one attached hydrogen (secondary N) is 1. The van der Waals surface area contributed by atoms with Crippen molar-refractivity contribution in [3.8, 4) is 0 Å². The van der Waals surface area contributed by atoms with Gasteiger partial charge in [0.25, 0.3) is 0 Å². The highest BCUT2D eigenvalue weighted by atomic mass is 16.3. The van der Waals surface area contributed by atoms with E-state index in [0.717, 1.165) is 0 Å². The van der Waals surface area contributed by atoms with Gasteiger partial charge in [-0.3, -0.25) is 4.79 Å². The molecule has 78 valence electrons. The maximum Gasteiger partial charge on any atom is 0.168 e. The Kier molecular flexibility index (Phi) is 2.79. The number of hydrogen-bond donors (Lipinski definition) is 2. The fourth-order valence-corrected chi connectivity index (χ4v) is 1.81. The van der Waals surface area contributed by atoms with E-state index in [1.54, 1.807) is 0 Å². The van der Waals surface area contributed by atoms with Gasteiger partial charge in [0.2, 0.25) is 0 Å². The van der Waals surface area contributed by atoms with E-state index in [1.807, 2.05) is 20.8 Å². The predicted octanol–water partition coefficient (Wildman–Crippen LogP) is 2.62. The van der Waals surface area contributed by atoms with Crippen LogP contribution in [0.15, 0.2) is 11.3 Å². The average molecular weight is 195 g/mol. The summed E-state index contributed by atoms with van der Waals surface area (Å²) in [5.41, 5.74) is 0.341. The van der Waals surface area contributed by atoms with Crippen molar-refractivity contribution in [2.45, 2.75) is 40.0 Å². The molecule has 14 heavy (non-hydrogen) atoms. The first-order valence-electron chi connectivity index (χ1n) is 4.90. The lowest BCUT2D eigenvalue weighted by molar-refractivity contribution is -0.117. The van der Waals surface area contributed by atoms with Crippen molar-refractivity contribution in [1.29, 1.82) is 5.41 Å². The first-order chi connectivity index (χ1) is 6.37. The largest absolute Gasteiger partial charge is 0.511 e. The quantitative estimate of drug-likeness (QED) is 0.665. The van der Waals surface area contributed by atoms with Crippen LogP contribution in [0.2, 0.25) is 0 Å². The summed E-state index contributed by atoms with van der Waals surface area (Å²) in [5, 5.41) is 17.3. The second-order valence-electron chi connectivity index (χ2n) is 4.59. The first kappa shape index (κ1) is 11.0. The Bertz CT molecular complexity index is 313. The number of ketones is 1. The SMILES string of the molecule is CCC(=N)C1=C(O)CC(C)(C)CC1=O. The maximum absolute atomic E-state index is 11.7. The number of carbonyl (C=O) groups is 1. The molecule has 3 heteroatoms. The van der Waals surface area contributed by atoms with Crippen molar-refractivity contribution in [3.05, 3.63) is 11.3 Å². The summed E-state index contributed by atoms with van der Waals surface area (Å²) >= 11 is 0. The molecule has 0 aromatic heterocycles. The van der Waals surface area contributed by atoms with Crippen molar-refractivity contribution in [1.82, 2.24) is 0 Å². The topological polar surface area (TPSA) is 61.1 Å². The Morgan fingerprint density at radius 3 is 2.50 bits per heavy atom. The number of aliphatic hydroxyl groups excluding tert-OH is 1. The molecule has 1 rings (SSSR count). The third kappa shape index (κ3) is 2.03. The van der Waals surface area contributed by atoms with Crippen LogP contribution in [-0.2, 0) is 4.79 Å². The lowest BCUT2D eigenvalue weighted by atomic mass is 9.75. The van der Waals surface area contributed by atoms with Crippen LogP contribution >= 0.6 is 0 Å². The lowest BCUT2D eigenvalue weighted by Gasteiger charge is -2.29. The normalized spacial score (nSPS) is 21.2. The van der Waals surface area contributed by atoms with E-state index in [1.165, 1.54) is 0 Å². The molecule has 0 bridgehead atoms. The standard InChI is InChI=1S/C11H17NO2/c1-4-7(12)10-8(13)5-11(2,3)6-9(10)14/h12-13H,4-6H2,1-3H3. The van der Waals surface area contributed by atoms with Gasteiger partial charge in [0.1, 0.15) is 5.76 Å². The third-order valence-electron chi connectivity index (χ3n) is 2.51. The van der Waals surface area contributed by atoms with E-state index < -0.39 is 0 Å². The van der Waals surface area contributed by atoms with Crippen LogP contribution in [-0.4, -0.2) is 16.6 Å². The van der Waals surface area contributed by atoms with Gasteiger partial charge < -0.3 is 10.5 Å². The molecule has 3 nitrogen and oxygen atoms in total. The van der Waals surface area contributed by atoms with Gasteiger partial charge in [0, 0.05) is 18.6 Å². The van der Waals surface area contributed by atoms with E-state index in [9.17, 15) is 9.90 Å². The molecule has 0 radical (unpaired) electrons. The molecule has 0 aliphatic heterocycles. The number of Topliss-reactive ketones (excluding diaryl/α,β-unsaturated/α-hetero) is 1. The van der Waals surface area contributed by atoms with Gasteiger partial charge in [0.15, 0.2) is 5.78 Å². The molecular weight excluding hydrogens is 178 g/mol. The summed E-state index contributed by atoms with van der Waals surface area (Å²) in [4.78, 5) is 11.7. The highest BCUT2D eigenvalue weighted by Gasteiger charge is 2.34. The van der Waals surface area contributed by atoms with Gasteiger partial charge in [-0.05, 0) is 11.8 Å². The van der Waals surface area contributed by atoms with Gasteiger partial charge in [0.05, 0.1) is 5.57 Å². The second kappa shape index (κ2) is 3.56. The predicted molar refractivity (Wildman–Crippen MR) is 55.7 cm³/mol. The summed E-state index contributed by atoms with van der Waals surface area (Å²) in [7, 11) is 0. The fraction of sp³-hybridized carbons (Fsp3) is 0.636. The zero-order valence-corrected chi connectivity index (χ0v) is 8.98. The van der Waals surface area contributed by atoms with Crippen molar-refractivity contribution in [2.24, 2.45) is 5.41 Å². The summed E-state index contributed by atoms with van der Waals surface area (Å²) in [5.74, 6) is 0.00343. The van der Waals surface area contributed by atoms with E-state index >= 15 is 0 Å². The van der Waals surface area contributed by atoms with E-state index in [4.69, 9.17) is 5.41 Å². The van der Waals surface area contributed by atoms with Crippen LogP contribution in [0.25, 0.3) is 0 Å². The number of carbonyl (C=O) groups excluding carboxylic acids is 1. The van der Waals surface area contributed by atoms with Crippen LogP contribution < -0.4 is 0 Å². The number of aliphatic hydroxyl groups is 1. The molecule has 0 amide bonds. The van der Waals surface area contributed by atoms with Gasteiger partial charge in [-0.1, -0.05) is 20.8 Å². The maximum atomic E-state index is 11.7. The summed E-state index contributed by atoms with van der Waals surface area (Å²) in [6.07, 6.45) is 1.41. The highest BCUT2D eigenvalue weighted by molar-refractivity contribution is 6.22. The molecule has 0 fully saturated rings. The Hall–Kier alpha value is -1.12. The van der Waals surface area contributed by atoms with Gasteiger partial charge >= 0.3 is 0 Å². The Morgan fingerprint density at radius 1 is 1.50 bits per heavy atom. The number of hydrogen-bond acceptors (Lipinski definition) is 3. The molecule has 0 aromatic rings. The van der Waals surface area contributed by atoms with Crippen molar-refractivity contribution in [2.75, 3.05) is 0 Å². The molecule has 0 saturated heterocycles. The third-order valence-corrected chi connectivity index (χ3v) is 2.51. The minimum Gasteiger partial charge on any atom is -0.511 e. The van der Waals surface area contributed by atoms with Crippen LogP contribution in [0.3, 0.4) is 0 Å². The Labute approximate surface area is 84.3 Å².